The van der Waals surface area contributed by atoms with Crippen LogP contribution in [0.5, 0.6) is 0 Å². The lowest BCUT2D eigenvalue weighted by Crippen LogP contribution is -2.27. The van der Waals surface area contributed by atoms with E-state index in [-0.39, 0.29) is 12.6 Å². The Hall–Kier alpha value is -0.980. The maximum Gasteiger partial charge on any atom is 0.184 e. The topological polar surface area (TPSA) is 49.0 Å². The van der Waals surface area contributed by atoms with Gasteiger partial charge < -0.3 is 24.3 Å². The number of ether oxygens (including phenoxy) is 4. The van der Waals surface area contributed by atoms with Crippen LogP contribution < -0.4 is 5.32 Å². The third-order valence-electron chi connectivity index (χ3n) is 4.64. The molecule has 24 heavy (non-hydrogen) atoms. The lowest BCUT2D eigenvalue weighted by Gasteiger charge is -2.22. The molecular weight excluding hydrogens is 306 g/mol. The Bertz CT molecular complexity index is 522. The Morgan fingerprint density at radius 1 is 1.04 bits per heavy atom. The van der Waals surface area contributed by atoms with Gasteiger partial charge in [-0.1, -0.05) is 12.1 Å². The van der Waals surface area contributed by atoms with E-state index in [0.717, 1.165) is 38.1 Å². The van der Waals surface area contributed by atoms with Gasteiger partial charge in [-0.15, -0.1) is 0 Å². The maximum atomic E-state index is 5.74. The fraction of sp³-hybridized carbons (Fsp3) is 0.684. The Morgan fingerprint density at radius 3 is 2.62 bits per heavy atom. The van der Waals surface area contributed by atoms with E-state index in [1.165, 1.54) is 23.1 Å². The van der Waals surface area contributed by atoms with Crippen LogP contribution in [0.25, 0.3) is 0 Å². The summed E-state index contributed by atoms with van der Waals surface area (Å²) in [5, 5.41) is 3.46. The minimum absolute atomic E-state index is 0.00442. The van der Waals surface area contributed by atoms with Gasteiger partial charge in [0.25, 0.3) is 0 Å². The zero-order valence-corrected chi connectivity index (χ0v) is 14.8. The SMILES string of the molecule is Cc1cc(C2OCCO2)c(C)cc1CNCCOC1CCCCO1. The molecule has 2 fully saturated rings. The Labute approximate surface area is 144 Å². The van der Waals surface area contributed by atoms with Crippen molar-refractivity contribution in [3.05, 3.63) is 34.4 Å². The molecule has 3 rings (SSSR count). The first-order valence-corrected chi connectivity index (χ1v) is 9.01. The first-order valence-electron chi connectivity index (χ1n) is 9.01. The van der Waals surface area contributed by atoms with Crippen molar-refractivity contribution in [2.45, 2.75) is 52.2 Å². The molecule has 0 saturated carbocycles. The number of rotatable bonds is 7. The average Bonchev–Trinajstić information content (AvgIpc) is 3.12. The zero-order chi connectivity index (χ0) is 16.8. The lowest BCUT2D eigenvalue weighted by molar-refractivity contribution is -0.161. The van der Waals surface area contributed by atoms with Gasteiger partial charge >= 0.3 is 0 Å². The summed E-state index contributed by atoms with van der Waals surface area (Å²) in [5.74, 6) is 0. The largest absolute Gasteiger partial charge is 0.353 e. The van der Waals surface area contributed by atoms with Crippen molar-refractivity contribution in [3.8, 4) is 0 Å². The molecule has 2 heterocycles. The summed E-state index contributed by atoms with van der Waals surface area (Å²) in [4.78, 5) is 0. The molecule has 0 spiro atoms. The second-order valence-electron chi connectivity index (χ2n) is 6.55. The number of nitrogens with one attached hydrogen (secondary N) is 1. The maximum absolute atomic E-state index is 5.74. The molecule has 2 aliphatic heterocycles. The summed E-state index contributed by atoms with van der Waals surface area (Å²) in [5.41, 5.74) is 4.93. The van der Waals surface area contributed by atoms with Crippen LogP contribution in [0.4, 0.5) is 0 Å². The normalized spacial score (nSPS) is 22.2. The van der Waals surface area contributed by atoms with E-state index in [9.17, 15) is 0 Å². The minimum Gasteiger partial charge on any atom is -0.353 e. The van der Waals surface area contributed by atoms with Crippen molar-refractivity contribution in [1.29, 1.82) is 0 Å². The van der Waals surface area contributed by atoms with Crippen LogP contribution in [0.2, 0.25) is 0 Å². The molecule has 1 aromatic carbocycles. The van der Waals surface area contributed by atoms with Crippen molar-refractivity contribution in [1.82, 2.24) is 5.32 Å². The molecule has 1 unspecified atom stereocenters. The molecule has 134 valence electrons. The van der Waals surface area contributed by atoms with E-state index >= 15 is 0 Å². The van der Waals surface area contributed by atoms with Crippen molar-refractivity contribution >= 4 is 0 Å². The highest BCUT2D eigenvalue weighted by Gasteiger charge is 2.21. The molecule has 1 aromatic rings. The standard InChI is InChI=1S/C19H29NO4/c1-14-12-17(19-23-9-10-24-19)15(2)11-16(14)13-20-6-8-22-18-5-3-4-7-21-18/h11-12,18-20H,3-10,13H2,1-2H3. The van der Waals surface area contributed by atoms with Gasteiger partial charge in [-0.2, -0.15) is 0 Å². The molecular formula is C19H29NO4. The smallest absolute Gasteiger partial charge is 0.184 e. The molecule has 5 heteroatoms. The van der Waals surface area contributed by atoms with Crippen molar-refractivity contribution < 1.29 is 18.9 Å². The monoisotopic (exact) mass is 335 g/mol. The Morgan fingerprint density at radius 2 is 1.88 bits per heavy atom. The Balaban J connectivity index is 1.44. The quantitative estimate of drug-likeness (QED) is 0.776. The number of aryl methyl sites for hydroxylation is 2. The van der Waals surface area contributed by atoms with Gasteiger partial charge in [0.05, 0.1) is 19.8 Å². The van der Waals surface area contributed by atoms with Gasteiger partial charge in [-0.05, 0) is 49.8 Å². The van der Waals surface area contributed by atoms with Crippen LogP contribution in [-0.2, 0) is 25.5 Å². The summed E-state index contributed by atoms with van der Waals surface area (Å²) < 4.78 is 22.5. The lowest BCUT2D eigenvalue weighted by atomic mass is 9.99. The first-order chi connectivity index (χ1) is 11.7. The van der Waals surface area contributed by atoms with Gasteiger partial charge in [0, 0.05) is 25.3 Å². The number of benzene rings is 1. The highest BCUT2D eigenvalue weighted by atomic mass is 16.7. The predicted octanol–water partition coefficient (Wildman–Crippen LogP) is 2.98. The van der Waals surface area contributed by atoms with Crippen LogP contribution >= 0.6 is 0 Å². The predicted molar refractivity (Wildman–Crippen MR) is 91.8 cm³/mol. The number of hydrogen-bond donors (Lipinski definition) is 1. The van der Waals surface area contributed by atoms with Crippen molar-refractivity contribution in [3.63, 3.8) is 0 Å². The van der Waals surface area contributed by atoms with Gasteiger partial charge in [0.15, 0.2) is 12.6 Å². The van der Waals surface area contributed by atoms with E-state index < -0.39 is 0 Å². The first kappa shape index (κ1) is 17.8. The molecule has 0 bridgehead atoms. The molecule has 0 radical (unpaired) electrons. The second-order valence-corrected chi connectivity index (χ2v) is 6.55. The summed E-state index contributed by atoms with van der Waals surface area (Å²) in [6.07, 6.45) is 3.18. The summed E-state index contributed by atoms with van der Waals surface area (Å²) in [6.45, 7) is 8.80. The second kappa shape index (κ2) is 8.92. The molecule has 5 nitrogen and oxygen atoms in total. The fourth-order valence-corrected chi connectivity index (χ4v) is 3.21. The van der Waals surface area contributed by atoms with Crippen LogP contribution in [0.15, 0.2) is 12.1 Å². The molecule has 2 aliphatic rings. The molecule has 1 atom stereocenters. The zero-order valence-electron chi connectivity index (χ0n) is 14.8. The molecule has 2 saturated heterocycles. The summed E-state index contributed by atoms with van der Waals surface area (Å²) >= 11 is 0. The molecule has 0 aliphatic carbocycles. The molecule has 0 amide bonds. The van der Waals surface area contributed by atoms with Gasteiger partial charge in [-0.25, -0.2) is 0 Å². The third-order valence-corrected chi connectivity index (χ3v) is 4.64. The van der Waals surface area contributed by atoms with Crippen LogP contribution in [0, 0.1) is 13.8 Å². The summed E-state index contributed by atoms with van der Waals surface area (Å²) in [6, 6.07) is 4.42. The van der Waals surface area contributed by atoms with E-state index in [1.807, 2.05) is 0 Å². The fourth-order valence-electron chi connectivity index (χ4n) is 3.21. The Kier molecular flexibility index (Phi) is 6.63. The highest BCUT2D eigenvalue weighted by molar-refractivity contribution is 5.38. The van der Waals surface area contributed by atoms with E-state index in [4.69, 9.17) is 18.9 Å². The minimum atomic E-state index is -0.199. The highest BCUT2D eigenvalue weighted by Crippen LogP contribution is 2.28. The molecule has 1 N–H and O–H groups in total. The van der Waals surface area contributed by atoms with Gasteiger partial charge in [0.2, 0.25) is 0 Å². The van der Waals surface area contributed by atoms with E-state index in [0.29, 0.717) is 19.8 Å². The van der Waals surface area contributed by atoms with Crippen LogP contribution in [-0.4, -0.2) is 39.3 Å². The van der Waals surface area contributed by atoms with E-state index in [2.05, 4.69) is 31.3 Å². The third kappa shape index (κ3) is 4.77. The average molecular weight is 335 g/mol. The summed E-state index contributed by atoms with van der Waals surface area (Å²) in [7, 11) is 0. The van der Waals surface area contributed by atoms with E-state index in [1.54, 1.807) is 0 Å². The van der Waals surface area contributed by atoms with Gasteiger partial charge in [0.1, 0.15) is 0 Å². The number of hydrogen-bond acceptors (Lipinski definition) is 5. The molecule has 0 aromatic heterocycles. The van der Waals surface area contributed by atoms with Crippen molar-refractivity contribution in [2.24, 2.45) is 0 Å². The van der Waals surface area contributed by atoms with Crippen molar-refractivity contribution in [2.75, 3.05) is 33.0 Å². The van der Waals surface area contributed by atoms with Gasteiger partial charge in [-0.3, -0.25) is 0 Å². The van der Waals surface area contributed by atoms with Crippen LogP contribution in [0.1, 0.15) is 47.8 Å². The van der Waals surface area contributed by atoms with Crippen LogP contribution in [0.3, 0.4) is 0 Å².